The average molecular weight is 329 g/mol. The fourth-order valence-corrected chi connectivity index (χ4v) is 2.36. The van der Waals surface area contributed by atoms with Gasteiger partial charge in [0.1, 0.15) is 11.4 Å². The van der Waals surface area contributed by atoms with Crippen LogP contribution in [0.1, 0.15) is 51.8 Å². The molecule has 7 heteroatoms. The summed E-state index contributed by atoms with van der Waals surface area (Å²) >= 11 is 0. The van der Waals surface area contributed by atoms with Crippen LogP contribution in [0.15, 0.2) is 18.2 Å². The summed E-state index contributed by atoms with van der Waals surface area (Å²) in [5.74, 6) is -0.615. The van der Waals surface area contributed by atoms with E-state index < -0.39 is 0 Å². The lowest BCUT2D eigenvalue weighted by atomic mass is 10.2. The Kier molecular flexibility index (Phi) is 5.33. The Morgan fingerprint density at radius 2 is 1.79 bits per heavy atom. The molecule has 0 aliphatic carbocycles. The van der Waals surface area contributed by atoms with E-state index in [1.807, 2.05) is 34.7 Å². The molecule has 0 radical (unpaired) electrons. The number of carbonyl (C=O) groups is 2. The van der Waals surface area contributed by atoms with E-state index in [-0.39, 0.29) is 29.2 Å². The molecule has 128 valence electrons. The van der Waals surface area contributed by atoms with E-state index in [4.69, 9.17) is 0 Å². The molecular weight excluding hydrogens is 306 g/mol. The molecule has 0 fully saturated rings. The minimum absolute atomic E-state index is 0.00770. The van der Waals surface area contributed by atoms with E-state index in [9.17, 15) is 9.59 Å². The highest BCUT2D eigenvalue weighted by Gasteiger charge is 2.15. The number of aromatic nitrogens is 3. The van der Waals surface area contributed by atoms with Gasteiger partial charge in [-0.25, -0.2) is 4.98 Å². The number of carbonyl (C=O) groups excluding carboxylic acids is 2. The maximum atomic E-state index is 12.3. The number of aryl methyl sites for hydroxylation is 2. The first kappa shape index (κ1) is 17.7. The van der Waals surface area contributed by atoms with Crippen LogP contribution in [-0.2, 0) is 13.6 Å². The lowest BCUT2D eigenvalue weighted by Gasteiger charge is -2.09. The van der Waals surface area contributed by atoms with Gasteiger partial charge in [0.05, 0.1) is 5.69 Å². The van der Waals surface area contributed by atoms with Crippen LogP contribution >= 0.6 is 0 Å². The van der Waals surface area contributed by atoms with E-state index in [0.717, 1.165) is 17.0 Å². The van der Waals surface area contributed by atoms with Crippen molar-refractivity contribution in [1.29, 1.82) is 0 Å². The van der Waals surface area contributed by atoms with Gasteiger partial charge in [-0.15, -0.1) is 0 Å². The van der Waals surface area contributed by atoms with E-state index in [1.165, 1.54) is 0 Å². The van der Waals surface area contributed by atoms with Gasteiger partial charge in [0.25, 0.3) is 11.8 Å². The van der Waals surface area contributed by atoms with Crippen LogP contribution in [0.2, 0.25) is 0 Å². The predicted molar refractivity (Wildman–Crippen MR) is 90.7 cm³/mol. The quantitative estimate of drug-likeness (QED) is 0.870. The molecule has 2 rings (SSSR count). The highest BCUT2D eigenvalue weighted by atomic mass is 16.2. The smallest absolute Gasteiger partial charge is 0.270 e. The molecule has 0 aliphatic heterocycles. The Morgan fingerprint density at radius 1 is 1.17 bits per heavy atom. The molecule has 0 saturated heterocycles. The zero-order valence-corrected chi connectivity index (χ0v) is 14.7. The second-order valence-corrected chi connectivity index (χ2v) is 5.99. The van der Waals surface area contributed by atoms with Gasteiger partial charge in [-0.1, -0.05) is 6.07 Å². The van der Waals surface area contributed by atoms with Crippen molar-refractivity contribution in [2.24, 2.45) is 7.05 Å². The molecule has 0 saturated carbocycles. The van der Waals surface area contributed by atoms with E-state index in [0.29, 0.717) is 6.54 Å². The molecule has 2 aromatic heterocycles. The van der Waals surface area contributed by atoms with E-state index >= 15 is 0 Å². The van der Waals surface area contributed by atoms with Crippen LogP contribution in [-0.4, -0.2) is 32.6 Å². The highest BCUT2D eigenvalue weighted by molar-refractivity contribution is 5.96. The summed E-state index contributed by atoms with van der Waals surface area (Å²) in [6.07, 6.45) is 0. The van der Waals surface area contributed by atoms with Crippen LogP contribution in [0.3, 0.4) is 0 Å². The second kappa shape index (κ2) is 7.25. The lowest BCUT2D eigenvalue weighted by molar-refractivity contribution is 0.0936. The molecule has 2 N–H and O–H groups in total. The normalized spacial score (nSPS) is 10.8. The Morgan fingerprint density at radius 3 is 2.33 bits per heavy atom. The Labute approximate surface area is 141 Å². The summed E-state index contributed by atoms with van der Waals surface area (Å²) in [5, 5.41) is 9.91. The van der Waals surface area contributed by atoms with Gasteiger partial charge >= 0.3 is 0 Å². The Bertz CT molecular complexity index is 764. The summed E-state index contributed by atoms with van der Waals surface area (Å²) in [6, 6.07) is 4.83. The molecule has 2 amide bonds. The molecule has 0 aromatic carbocycles. The standard InChI is InChI=1S/C17H23N5O2/c1-10(2)19-17(24)15-8-6-7-14(20-15)16(23)18-9-13-11(3)21-22(5)12(13)4/h6-8,10H,9H2,1-5H3,(H,18,23)(H,19,24). The van der Waals surface area contributed by atoms with E-state index in [1.54, 1.807) is 22.9 Å². The predicted octanol–water partition coefficient (Wildman–Crippen LogP) is 1.50. The van der Waals surface area contributed by atoms with Crippen molar-refractivity contribution in [1.82, 2.24) is 25.4 Å². The summed E-state index contributed by atoms with van der Waals surface area (Å²) < 4.78 is 1.78. The SMILES string of the molecule is Cc1nn(C)c(C)c1CNC(=O)c1cccc(C(=O)NC(C)C)n1. The Balaban J connectivity index is 2.09. The first-order valence-corrected chi connectivity index (χ1v) is 7.84. The molecule has 7 nitrogen and oxygen atoms in total. The van der Waals surface area contributed by atoms with Crippen LogP contribution in [0, 0.1) is 13.8 Å². The largest absolute Gasteiger partial charge is 0.349 e. The van der Waals surface area contributed by atoms with Crippen molar-refractivity contribution in [3.63, 3.8) is 0 Å². The van der Waals surface area contributed by atoms with Crippen molar-refractivity contribution in [2.45, 2.75) is 40.3 Å². The lowest BCUT2D eigenvalue weighted by Crippen LogP contribution is -2.31. The van der Waals surface area contributed by atoms with Gasteiger partial charge in [0.15, 0.2) is 0 Å². The van der Waals surface area contributed by atoms with Crippen molar-refractivity contribution < 1.29 is 9.59 Å². The number of hydrogen-bond acceptors (Lipinski definition) is 4. The molecule has 0 aliphatic rings. The molecule has 2 heterocycles. The van der Waals surface area contributed by atoms with E-state index in [2.05, 4.69) is 20.7 Å². The van der Waals surface area contributed by atoms with Gasteiger partial charge < -0.3 is 10.6 Å². The fraction of sp³-hybridized carbons (Fsp3) is 0.412. The average Bonchev–Trinajstić information content (AvgIpc) is 2.77. The monoisotopic (exact) mass is 329 g/mol. The molecule has 0 atom stereocenters. The third-order valence-electron chi connectivity index (χ3n) is 3.72. The van der Waals surface area contributed by atoms with Crippen molar-refractivity contribution >= 4 is 11.8 Å². The zero-order chi connectivity index (χ0) is 17.9. The van der Waals surface area contributed by atoms with Gasteiger partial charge in [-0.3, -0.25) is 14.3 Å². The van der Waals surface area contributed by atoms with Gasteiger partial charge in [-0.05, 0) is 39.8 Å². The third kappa shape index (κ3) is 3.98. The minimum atomic E-state index is -0.322. The fourth-order valence-electron chi connectivity index (χ4n) is 2.36. The maximum absolute atomic E-state index is 12.3. The number of hydrogen-bond donors (Lipinski definition) is 2. The minimum Gasteiger partial charge on any atom is -0.349 e. The molecule has 2 aromatic rings. The topological polar surface area (TPSA) is 88.9 Å². The van der Waals surface area contributed by atoms with Gasteiger partial charge in [-0.2, -0.15) is 5.10 Å². The van der Waals surface area contributed by atoms with Crippen LogP contribution in [0.5, 0.6) is 0 Å². The number of pyridine rings is 1. The Hall–Kier alpha value is -2.70. The molecule has 24 heavy (non-hydrogen) atoms. The first-order chi connectivity index (χ1) is 11.3. The first-order valence-electron chi connectivity index (χ1n) is 7.84. The zero-order valence-electron chi connectivity index (χ0n) is 14.7. The van der Waals surface area contributed by atoms with Crippen LogP contribution in [0.25, 0.3) is 0 Å². The van der Waals surface area contributed by atoms with Crippen molar-refractivity contribution in [3.05, 3.63) is 46.5 Å². The summed E-state index contributed by atoms with van der Waals surface area (Å²) in [6.45, 7) is 7.97. The number of nitrogens with zero attached hydrogens (tertiary/aromatic N) is 3. The van der Waals surface area contributed by atoms with Gasteiger partial charge in [0.2, 0.25) is 0 Å². The second-order valence-electron chi connectivity index (χ2n) is 5.99. The summed E-state index contributed by atoms with van der Waals surface area (Å²) in [5.41, 5.74) is 3.31. The third-order valence-corrected chi connectivity index (χ3v) is 3.72. The van der Waals surface area contributed by atoms with Crippen LogP contribution in [0.4, 0.5) is 0 Å². The maximum Gasteiger partial charge on any atom is 0.270 e. The van der Waals surface area contributed by atoms with Crippen LogP contribution < -0.4 is 10.6 Å². The molecule has 0 spiro atoms. The summed E-state index contributed by atoms with van der Waals surface area (Å²) in [7, 11) is 1.87. The summed E-state index contributed by atoms with van der Waals surface area (Å²) in [4.78, 5) is 28.4. The molecule has 0 unspecified atom stereocenters. The highest BCUT2D eigenvalue weighted by Crippen LogP contribution is 2.11. The molecular formula is C17H23N5O2. The van der Waals surface area contributed by atoms with Crippen molar-refractivity contribution in [3.8, 4) is 0 Å². The van der Waals surface area contributed by atoms with Gasteiger partial charge in [0, 0.05) is 30.9 Å². The molecule has 0 bridgehead atoms. The number of nitrogens with one attached hydrogen (secondary N) is 2. The number of rotatable bonds is 5. The number of amides is 2. The van der Waals surface area contributed by atoms with Crippen molar-refractivity contribution in [2.75, 3.05) is 0 Å².